The van der Waals surface area contributed by atoms with Crippen molar-refractivity contribution < 1.29 is 14.2 Å². The van der Waals surface area contributed by atoms with E-state index >= 15 is 0 Å². The highest BCUT2D eigenvalue weighted by atomic mass is 16.5. The highest BCUT2D eigenvalue weighted by Crippen LogP contribution is 2.26. The summed E-state index contributed by atoms with van der Waals surface area (Å²) in [5, 5.41) is 3.47. The Bertz CT molecular complexity index is 411. The first-order chi connectivity index (χ1) is 10.3. The monoisotopic (exact) mass is 293 g/mol. The molecule has 21 heavy (non-hydrogen) atoms. The predicted octanol–water partition coefficient (Wildman–Crippen LogP) is 2.87. The molecule has 1 N–H and O–H groups in total. The number of para-hydroxylation sites is 2. The van der Waals surface area contributed by atoms with Gasteiger partial charge in [-0.1, -0.05) is 19.1 Å². The predicted molar refractivity (Wildman–Crippen MR) is 84.1 cm³/mol. The van der Waals surface area contributed by atoms with E-state index in [1.54, 1.807) is 0 Å². The van der Waals surface area contributed by atoms with Crippen molar-refractivity contribution in [1.29, 1.82) is 0 Å². The lowest BCUT2D eigenvalue weighted by Crippen LogP contribution is -2.31. The van der Waals surface area contributed by atoms with Crippen molar-refractivity contribution in [2.45, 2.75) is 32.8 Å². The van der Waals surface area contributed by atoms with E-state index in [1.807, 2.05) is 31.2 Å². The minimum absolute atomic E-state index is 0.428. The third-order valence-corrected chi connectivity index (χ3v) is 3.84. The molecule has 0 saturated carbocycles. The summed E-state index contributed by atoms with van der Waals surface area (Å²) in [6.45, 7) is 8.22. The van der Waals surface area contributed by atoms with E-state index in [1.165, 1.54) is 6.42 Å². The molecule has 1 aromatic carbocycles. The number of hydrogen-bond acceptors (Lipinski definition) is 4. The van der Waals surface area contributed by atoms with Gasteiger partial charge in [0.05, 0.1) is 12.7 Å². The molecule has 0 aromatic heterocycles. The first-order valence-corrected chi connectivity index (χ1v) is 8.02. The van der Waals surface area contributed by atoms with Crippen LogP contribution in [0.25, 0.3) is 0 Å². The maximum Gasteiger partial charge on any atom is 0.161 e. The van der Waals surface area contributed by atoms with Crippen LogP contribution in [0.1, 0.15) is 26.7 Å². The first-order valence-electron chi connectivity index (χ1n) is 8.02. The Morgan fingerprint density at radius 2 is 1.95 bits per heavy atom. The molecule has 0 aliphatic carbocycles. The van der Waals surface area contributed by atoms with Crippen LogP contribution in [0.5, 0.6) is 11.5 Å². The Morgan fingerprint density at radius 3 is 2.67 bits per heavy atom. The molecule has 1 aliphatic rings. The van der Waals surface area contributed by atoms with Crippen LogP contribution in [0.2, 0.25) is 0 Å². The largest absolute Gasteiger partial charge is 0.490 e. The summed E-state index contributed by atoms with van der Waals surface area (Å²) in [5.41, 5.74) is 0. The van der Waals surface area contributed by atoms with Gasteiger partial charge in [0.1, 0.15) is 6.61 Å². The number of hydrogen-bond donors (Lipinski definition) is 1. The summed E-state index contributed by atoms with van der Waals surface area (Å²) in [5.74, 6) is 2.28. The Labute approximate surface area is 127 Å². The van der Waals surface area contributed by atoms with Gasteiger partial charge in [-0.15, -0.1) is 0 Å². The minimum Gasteiger partial charge on any atom is -0.490 e. The van der Waals surface area contributed by atoms with Crippen molar-refractivity contribution in [1.82, 2.24) is 5.32 Å². The Balaban J connectivity index is 1.66. The third-order valence-electron chi connectivity index (χ3n) is 3.84. The second-order valence-corrected chi connectivity index (χ2v) is 5.30. The molecule has 2 unspecified atom stereocenters. The molecule has 0 radical (unpaired) electrons. The van der Waals surface area contributed by atoms with Crippen molar-refractivity contribution in [2.75, 3.05) is 32.9 Å². The lowest BCUT2D eigenvalue weighted by molar-refractivity contribution is 0.0870. The molecular formula is C17H27NO3. The zero-order valence-corrected chi connectivity index (χ0v) is 13.1. The molecule has 1 saturated heterocycles. The molecule has 0 bridgehead atoms. The van der Waals surface area contributed by atoms with Gasteiger partial charge in [-0.05, 0) is 37.8 Å². The van der Waals surface area contributed by atoms with Gasteiger partial charge in [0.25, 0.3) is 0 Å². The van der Waals surface area contributed by atoms with Gasteiger partial charge >= 0.3 is 0 Å². The molecule has 2 atom stereocenters. The van der Waals surface area contributed by atoms with E-state index in [2.05, 4.69) is 12.2 Å². The molecule has 1 aliphatic heterocycles. The summed E-state index contributed by atoms with van der Waals surface area (Å²) in [4.78, 5) is 0. The summed E-state index contributed by atoms with van der Waals surface area (Å²) < 4.78 is 17.0. The minimum atomic E-state index is 0.428. The van der Waals surface area contributed by atoms with Crippen molar-refractivity contribution in [3.05, 3.63) is 24.3 Å². The van der Waals surface area contributed by atoms with E-state index in [9.17, 15) is 0 Å². The number of nitrogens with one attached hydrogen (secondary N) is 1. The van der Waals surface area contributed by atoms with E-state index in [4.69, 9.17) is 14.2 Å². The van der Waals surface area contributed by atoms with Gasteiger partial charge < -0.3 is 19.5 Å². The van der Waals surface area contributed by atoms with Crippen LogP contribution in [0.4, 0.5) is 0 Å². The fraction of sp³-hybridized carbons (Fsp3) is 0.647. The molecule has 2 rings (SSSR count). The normalized spacial score (nSPS) is 21.4. The van der Waals surface area contributed by atoms with E-state index in [0.29, 0.717) is 25.2 Å². The van der Waals surface area contributed by atoms with Crippen LogP contribution in [0, 0.1) is 5.92 Å². The zero-order valence-electron chi connectivity index (χ0n) is 13.1. The van der Waals surface area contributed by atoms with Gasteiger partial charge in [-0.3, -0.25) is 0 Å². The standard InChI is InChI=1S/C17H27NO3/c1-3-15-14(9-11-20-15)13-18-10-12-21-17-8-6-5-7-16(17)19-4-2/h5-8,14-15,18H,3-4,9-13H2,1-2H3. The average molecular weight is 293 g/mol. The third kappa shape index (κ3) is 4.90. The molecular weight excluding hydrogens is 266 g/mol. The number of rotatable bonds is 9. The fourth-order valence-corrected chi connectivity index (χ4v) is 2.74. The molecule has 1 fully saturated rings. The average Bonchev–Trinajstić information content (AvgIpc) is 2.96. The van der Waals surface area contributed by atoms with Crippen LogP contribution in [-0.2, 0) is 4.74 Å². The van der Waals surface area contributed by atoms with Crippen molar-refractivity contribution >= 4 is 0 Å². The highest BCUT2D eigenvalue weighted by molar-refractivity contribution is 5.39. The van der Waals surface area contributed by atoms with Crippen LogP contribution >= 0.6 is 0 Å². The lowest BCUT2D eigenvalue weighted by atomic mass is 10.00. The van der Waals surface area contributed by atoms with Crippen molar-refractivity contribution in [3.63, 3.8) is 0 Å². The smallest absolute Gasteiger partial charge is 0.161 e. The second kappa shape index (κ2) is 8.90. The summed E-state index contributed by atoms with van der Waals surface area (Å²) in [6.07, 6.45) is 2.70. The summed E-state index contributed by atoms with van der Waals surface area (Å²) >= 11 is 0. The SMILES string of the molecule is CCOc1ccccc1OCCNCC1CCOC1CC. The maximum absolute atomic E-state index is 5.79. The van der Waals surface area contributed by atoms with Crippen LogP contribution in [-0.4, -0.2) is 39.0 Å². The number of benzene rings is 1. The summed E-state index contributed by atoms with van der Waals surface area (Å²) in [6, 6.07) is 7.81. The van der Waals surface area contributed by atoms with Crippen molar-refractivity contribution in [2.24, 2.45) is 5.92 Å². The second-order valence-electron chi connectivity index (χ2n) is 5.30. The van der Waals surface area contributed by atoms with Gasteiger partial charge in [0.2, 0.25) is 0 Å². The highest BCUT2D eigenvalue weighted by Gasteiger charge is 2.25. The molecule has 0 amide bonds. The molecule has 4 heteroatoms. The van der Waals surface area contributed by atoms with Gasteiger partial charge in [-0.2, -0.15) is 0 Å². The van der Waals surface area contributed by atoms with E-state index in [-0.39, 0.29) is 0 Å². The Morgan fingerprint density at radius 1 is 1.19 bits per heavy atom. The Kier molecular flexibility index (Phi) is 6.83. The fourth-order valence-electron chi connectivity index (χ4n) is 2.74. The topological polar surface area (TPSA) is 39.7 Å². The van der Waals surface area contributed by atoms with Crippen molar-refractivity contribution in [3.8, 4) is 11.5 Å². The molecule has 118 valence electrons. The molecule has 1 heterocycles. The van der Waals surface area contributed by atoms with Crippen LogP contribution in [0.3, 0.4) is 0 Å². The van der Waals surface area contributed by atoms with Gasteiger partial charge in [-0.25, -0.2) is 0 Å². The Hall–Kier alpha value is -1.26. The summed E-state index contributed by atoms with van der Waals surface area (Å²) in [7, 11) is 0. The molecule has 0 spiro atoms. The quantitative estimate of drug-likeness (QED) is 0.711. The van der Waals surface area contributed by atoms with E-state index in [0.717, 1.165) is 37.6 Å². The first kappa shape index (κ1) is 16.1. The van der Waals surface area contributed by atoms with E-state index < -0.39 is 0 Å². The zero-order chi connectivity index (χ0) is 14.9. The number of ether oxygens (including phenoxy) is 3. The molecule has 4 nitrogen and oxygen atoms in total. The van der Waals surface area contributed by atoms with Crippen LogP contribution in [0.15, 0.2) is 24.3 Å². The molecule has 1 aromatic rings. The van der Waals surface area contributed by atoms with Gasteiger partial charge in [0.15, 0.2) is 11.5 Å². The lowest BCUT2D eigenvalue weighted by Gasteiger charge is -2.17. The van der Waals surface area contributed by atoms with Gasteiger partial charge in [0, 0.05) is 19.7 Å². The van der Waals surface area contributed by atoms with Crippen LogP contribution < -0.4 is 14.8 Å². The maximum atomic E-state index is 5.79.